The Bertz CT molecular complexity index is 807. The molecule has 0 radical (unpaired) electrons. The summed E-state index contributed by atoms with van der Waals surface area (Å²) in [5.74, 6) is -1.41. The Balaban J connectivity index is 0. The highest BCUT2D eigenvalue weighted by atomic mass is 16.5. The molecular weight excluding hydrogens is 474 g/mol. The standard InChI is InChI=1S/C17H27N5O5.C4H10N2O.CH4O/c1-10(2)16(21-14(24)7-18-3)17(26)19-8-15(25)20-12-5-4-11(9-23)13(6-12)22-27;1-2-3-6-4(5)7;1-2/h4-6,10,16,18,22-23,27H,7-9H2,1-3H3,(H,19,26)(H,20,25)(H,21,24);2-3H2,1H3,(H3,5,6,7);2H,1H3. The molecule has 36 heavy (non-hydrogen) atoms. The topological polar surface area (TPSA) is 227 Å². The number of anilines is 2. The number of urea groups is 1. The lowest BCUT2D eigenvalue weighted by Gasteiger charge is -2.21. The molecule has 1 aromatic rings. The minimum Gasteiger partial charge on any atom is -0.400 e. The minimum atomic E-state index is -0.757. The van der Waals surface area contributed by atoms with Crippen LogP contribution in [-0.4, -0.2) is 79.0 Å². The van der Waals surface area contributed by atoms with Crippen molar-refractivity contribution in [3.05, 3.63) is 23.8 Å². The lowest BCUT2D eigenvalue weighted by molar-refractivity contribution is -0.130. The van der Waals surface area contributed by atoms with Crippen LogP contribution in [0.4, 0.5) is 16.2 Å². The Hall–Kier alpha value is -3.46. The van der Waals surface area contributed by atoms with Crippen molar-refractivity contribution < 1.29 is 34.6 Å². The third-order valence-corrected chi connectivity index (χ3v) is 4.26. The van der Waals surface area contributed by atoms with Gasteiger partial charge in [-0.3, -0.25) is 25.1 Å². The second-order valence-electron chi connectivity index (χ2n) is 7.52. The van der Waals surface area contributed by atoms with Gasteiger partial charge in [-0.15, -0.1) is 0 Å². The van der Waals surface area contributed by atoms with Crippen molar-refractivity contribution >= 4 is 35.1 Å². The van der Waals surface area contributed by atoms with Gasteiger partial charge in [0, 0.05) is 24.9 Å². The molecule has 0 aromatic heterocycles. The molecule has 14 heteroatoms. The molecule has 0 saturated heterocycles. The van der Waals surface area contributed by atoms with E-state index in [9.17, 15) is 19.2 Å². The summed E-state index contributed by atoms with van der Waals surface area (Å²) < 4.78 is 0. The molecule has 11 N–H and O–H groups in total. The first-order chi connectivity index (χ1) is 17.1. The summed E-state index contributed by atoms with van der Waals surface area (Å²) in [6, 6.07) is 3.34. The smallest absolute Gasteiger partial charge is 0.312 e. The van der Waals surface area contributed by atoms with Crippen molar-refractivity contribution in [2.45, 2.75) is 39.8 Å². The predicted octanol–water partition coefficient (Wildman–Crippen LogP) is -0.932. The average molecular weight is 516 g/mol. The molecule has 0 spiro atoms. The highest BCUT2D eigenvalue weighted by Crippen LogP contribution is 2.20. The van der Waals surface area contributed by atoms with Gasteiger partial charge in [0.15, 0.2) is 0 Å². The highest BCUT2D eigenvalue weighted by molar-refractivity contribution is 5.96. The third-order valence-electron chi connectivity index (χ3n) is 4.26. The maximum Gasteiger partial charge on any atom is 0.312 e. The summed E-state index contributed by atoms with van der Waals surface area (Å²) in [5, 5.41) is 38.0. The van der Waals surface area contributed by atoms with E-state index in [1.807, 2.05) is 12.4 Å². The number of primary amides is 1. The number of carbonyl (C=O) groups excluding carboxylic acids is 4. The van der Waals surface area contributed by atoms with Gasteiger partial charge in [0.1, 0.15) is 6.04 Å². The van der Waals surface area contributed by atoms with Crippen LogP contribution in [-0.2, 0) is 21.0 Å². The van der Waals surface area contributed by atoms with Gasteiger partial charge in [0.25, 0.3) is 0 Å². The quantitative estimate of drug-likeness (QED) is 0.155. The first-order valence-electron chi connectivity index (χ1n) is 11.2. The SMILES string of the molecule is CCCNC(N)=O.CNCC(=O)NC(C(=O)NCC(=O)Nc1ccc(CO)c(NO)c1)C(C)C.CO. The average Bonchev–Trinajstić information content (AvgIpc) is 2.86. The first kappa shape index (κ1) is 34.7. The number of aliphatic hydroxyl groups is 2. The predicted molar refractivity (Wildman–Crippen MR) is 136 cm³/mol. The summed E-state index contributed by atoms with van der Waals surface area (Å²) in [5.41, 5.74) is 7.76. The van der Waals surface area contributed by atoms with E-state index in [2.05, 4.69) is 26.6 Å². The number of aliphatic hydroxyl groups excluding tert-OH is 2. The van der Waals surface area contributed by atoms with Crippen LogP contribution in [0.2, 0.25) is 0 Å². The van der Waals surface area contributed by atoms with Gasteiger partial charge in [0.2, 0.25) is 17.7 Å². The maximum atomic E-state index is 12.3. The lowest BCUT2D eigenvalue weighted by atomic mass is 10.0. The number of carbonyl (C=O) groups is 4. The lowest BCUT2D eigenvalue weighted by Crippen LogP contribution is -2.52. The number of hydrogen-bond acceptors (Lipinski definition) is 9. The number of rotatable bonds is 12. The Morgan fingerprint density at radius 1 is 1.03 bits per heavy atom. The van der Waals surface area contributed by atoms with E-state index >= 15 is 0 Å². The van der Waals surface area contributed by atoms with Crippen LogP contribution in [0.25, 0.3) is 0 Å². The molecule has 1 rings (SSSR count). The summed E-state index contributed by atoms with van der Waals surface area (Å²) in [6.07, 6.45) is 0.933. The molecule has 1 aromatic carbocycles. The molecule has 0 aliphatic carbocycles. The summed E-state index contributed by atoms with van der Waals surface area (Å²) >= 11 is 0. The zero-order valence-corrected chi connectivity index (χ0v) is 21.5. The zero-order chi connectivity index (χ0) is 28.1. The van der Waals surface area contributed by atoms with Gasteiger partial charge < -0.3 is 42.5 Å². The van der Waals surface area contributed by atoms with Crippen LogP contribution in [0.3, 0.4) is 0 Å². The van der Waals surface area contributed by atoms with Gasteiger partial charge in [-0.2, -0.15) is 0 Å². The van der Waals surface area contributed by atoms with Gasteiger partial charge in [-0.05, 0) is 31.5 Å². The molecule has 0 bridgehead atoms. The van der Waals surface area contributed by atoms with Crippen LogP contribution in [0.1, 0.15) is 32.8 Å². The van der Waals surface area contributed by atoms with Crippen LogP contribution >= 0.6 is 0 Å². The molecular formula is C22H41N7O7. The van der Waals surface area contributed by atoms with Gasteiger partial charge >= 0.3 is 6.03 Å². The van der Waals surface area contributed by atoms with Gasteiger partial charge in [0.05, 0.1) is 25.4 Å². The molecule has 206 valence electrons. The molecule has 0 fully saturated rings. The van der Waals surface area contributed by atoms with Crippen molar-refractivity contribution in [3.63, 3.8) is 0 Å². The molecule has 0 aliphatic rings. The fourth-order valence-electron chi connectivity index (χ4n) is 2.55. The monoisotopic (exact) mass is 515 g/mol. The second-order valence-corrected chi connectivity index (χ2v) is 7.52. The number of amides is 5. The molecule has 1 unspecified atom stereocenters. The molecule has 1 atom stereocenters. The third kappa shape index (κ3) is 15.4. The van der Waals surface area contributed by atoms with E-state index in [1.54, 1.807) is 33.0 Å². The van der Waals surface area contributed by atoms with Gasteiger partial charge in [-0.25, -0.2) is 4.79 Å². The normalized spacial score (nSPS) is 10.5. The molecule has 0 saturated carbocycles. The van der Waals surface area contributed by atoms with E-state index in [0.29, 0.717) is 17.8 Å². The minimum absolute atomic E-state index is 0.0854. The van der Waals surface area contributed by atoms with E-state index in [4.69, 9.17) is 21.2 Å². The van der Waals surface area contributed by atoms with E-state index in [-0.39, 0.29) is 37.2 Å². The van der Waals surface area contributed by atoms with Crippen molar-refractivity contribution in [1.29, 1.82) is 0 Å². The number of likely N-dealkylation sites (N-methyl/N-ethyl adjacent to an activating group) is 1. The number of nitrogens with two attached hydrogens (primary N) is 1. The summed E-state index contributed by atoms with van der Waals surface area (Å²) in [6.45, 7) is 5.75. The fraction of sp³-hybridized carbons (Fsp3) is 0.545. The Morgan fingerprint density at radius 2 is 1.67 bits per heavy atom. The van der Waals surface area contributed by atoms with Gasteiger partial charge in [-0.1, -0.05) is 26.8 Å². The van der Waals surface area contributed by atoms with Crippen molar-refractivity contribution in [1.82, 2.24) is 21.3 Å². The highest BCUT2D eigenvalue weighted by Gasteiger charge is 2.24. The van der Waals surface area contributed by atoms with E-state index < -0.39 is 23.9 Å². The van der Waals surface area contributed by atoms with E-state index in [1.165, 1.54) is 6.07 Å². The number of benzene rings is 1. The van der Waals surface area contributed by atoms with Crippen molar-refractivity contribution in [3.8, 4) is 0 Å². The van der Waals surface area contributed by atoms with Crippen LogP contribution in [0, 0.1) is 5.92 Å². The molecule has 5 amide bonds. The van der Waals surface area contributed by atoms with Crippen molar-refractivity contribution in [2.75, 3.05) is 44.6 Å². The Morgan fingerprint density at radius 3 is 2.11 bits per heavy atom. The largest absolute Gasteiger partial charge is 0.400 e. The molecule has 0 aliphatic heterocycles. The molecule has 14 nitrogen and oxygen atoms in total. The second kappa shape index (κ2) is 20.9. The van der Waals surface area contributed by atoms with Crippen LogP contribution < -0.4 is 37.8 Å². The summed E-state index contributed by atoms with van der Waals surface area (Å²) in [7, 11) is 2.62. The molecule has 0 heterocycles. The number of nitrogens with one attached hydrogen (secondary N) is 6. The zero-order valence-electron chi connectivity index (χ0n) is 21.5. The fourth-order valence-corrected chi connectivity index (χ4v) is 2.55. The van der Waals surface area contributed by atoms with Crippen LogP contribution in [0.15, 0.2) is 18.2 Å². The van der Waals surface area contributed by atoms with Crippen LogP contribution in [0.5, 0.6) is 0 Å². The van der Waals surface area contributed by atoms with E-state index in [0.717, 1.165) is 13.5 Å². The van der Waals surface area contributed by atoms with Crippen molar-refractivity contribution in [2.24, 2.45) is 11.7 Å². The maximum absolute atomic E-state index is 12.3. The first-order valence-corrected chi connectivity index (χ1v) is 11.2. The Kier molecular flexibility index (Phi) is 20.1. The summed E-state index contributed by atoms with van der Waals surface area (Å²) in [4.78, 5) is 45.8. The number of hydrogen-bond donors (Lipinski definition) is 10. The Labute approximate surface area is 211 Å².